The van der Waals surface area contributed by atoms with Gasteiger partial charge in [0.05, 0.1) is 16.9 Å². The van der Waals surface area contributed by atoms with Crippen molar-refractivity contribution in [3.63, 3.8) is 0 Å². The third-order valence-electron chi connectivity index (χ3n) is 1.11. The summed E-state index contributed by atoms with van der Waals surface area (Å²) in [5.74, 6) is -0.299. The van der Waals surface area contributed by atoms with Gasteiger partial charge in [-0.1, -0.05) is 6.92 Å². The minimum atomic E-state index is -0.602. The fourth-order valence-electron chi connectivity index (χ4n) is 0.687. The van der Waals surface area contributed by atoms with Gasteiger partial charge in [-0.3, -0.25) is 0 Å². The van der Waals surface area contributed by atoms with Gasteiger partial charge in [0, 0.05) is 5.21 Å². The summed E-state index contributed by atoms with van der Waals surface area (Å²) < 4.78 is 1.17. The summed E-state index contributed by atoms with van der Waals surface area (Å²) in [6.45, 7) is 2.37. The van der Waals surface area contributed by atoms with E-state index in [0.29, 0.717) is 6.54 Å². The van der Waals surface area contributed by atoms with Crippen LogP contribution in [0.1, 0.15) is 13.3 Å². The average Bonchev–Trinajstić information content (AvgIpc) is 2.36. The van der Waals surface area contributed by atoms with E-state index in [1.807, 2.05) is 6.92 Å². The van der Waals surface area contributed by atoms with Gasteiger partial charge in [-0.25, -0.2) is 0 Å². The predicted octanol–water partition coefficient (Wildman–Crippen LogP) is -0.00870. The van der Waals surface area contributed by atoms with Crippen LogP contribution >= 0.6 is 0 Å². The van der Waals surface area contributed by atoms with Gasteiger partial charge in [0.2, 0.25) is 0 Å². The van der Waals surface area contributed by atoms with Gasteiger partial charge in [0.1, 0.15) is 0 Å². The van der Waals surface area contributed by atoms with Crippen LogP contribution in [0.3, 0.4) is 0 Å². The Balaban J connectivity index is 2.87. The largest absolute Gasteiger partial charge is 0.479 e. The van der Waals surface area contributed by atoms with Crippen molar-refractivity contribution in [2.45, 2.75) is 19.9 Å². The molecule has 0 spiro atoms. The summed E-state index contributed by atoms with van der Waals surface area (Å²) in [5, 5.41) is 20.1. The lowest BCUT2D eigenvalue weighted by Crippen LogP contribution is -2.04. The van der Waals surface area contributed by atoms with E-state index >= 15 is 0 Å². The van der Waals surface area contributed by atoms with Crippen LogP contribution in [0.15, 0.2) is 0 Å². The summed E-state index contributed by atoms with van der Waals surface area (Å²) in [5.41, 5.74) is 0. The Morgan fingerprint density at radius 3 is 3.00 bits per heavy atom. The fraction of sp³-hybridized carbons (Fsp3) is 0.750. The lowest BCUT2D eigenvalue weighted by molar-refractivity contribution is -0.397. The predicted molar refractivity (Wildman–Crippen MR) is 34.8 cm³/mol. The molecule has 1 rings (SSSR count). The van der Waals surface area contributed by atoms with E-state index < -0.39 is 4.92 Å². The number of aromatic nitrogens is 4. The Hall–Kier alpha value is -1.53. The van der Waals surface area contributed by atoms with E-state index in [4.69, 9.17) is 0 Å². The Bertz CT molecular complexity index is 257. The van der Waals surface area contributed by atoms with Crippen molar-refractivity contribution >= 4 is 5.95 Å². The van der Waals surface area contributed by atoms with Crippen LogP contribution in [0, 0.1) is 10.1 Å². The maximum Gasteiger partial charge on any atom is 0.479 e. The van der Waals surface area contributed by atoms with Crippen LogP contribution in [0.5, 0.6) is 0 Å². The highest BCUT2D eigenvalue weighted by Crippen LogP contribution is 2.02. The molecule has 0 unspecified atom stereocenters. The van der Waals surface area contributed by atoms with Crippen LogP contribution in [0.25, 0.3) is 0 Å². The van der Waals surface area contributed by atoms with Crippen molar-refractivity contribution in [3.05, 3.63) is 10.1 Å². The fourth-order valence-corrected chi connectivity index (χ4v) is 0.687. The second-order valence-corrected chi connectivity index (χ2v) is 1.96. The number of hydrogen-bond acceptors (Lipinski definition) is 5. The molecule has 0 saturated heterocycles. The van der Waals surface area contributed by atoms with Gasteiger partial charge in [0.15, 0.2) is 0 Å². The number of nitrogens with zero attached hydrogens (tertiary/aromatic N) is 5. The molecule has 0 aliphatic heterocycles. The van der Waals surface area contributed by atoms with Crippen molar-refractivity contribution in [3.8, 4) is 0 Å². The molecule has 0 N–H and O–H groups in total. The Morgan fingerprint density at radius 1 is 1.73 bits per heavy atom. The first-order chi connectivity index (χ1) is 5.25. The van der Waals surface area contributed by atoms with Gasteiger partial charge in [-0.2, -0.15) is 0 Å². The van der Waals surface area contributed by atoms with E-state index in [0.717, 1.165) is 6.42 Å². The van der Waals surface area contributed by atoms with Crippen LogP contribution < -0.4 is 0 Å². The first kappa shape index (κ1) is 7.58. The lowest BCUT2D eigenvalue weighted by Gasteiger charge is -1.92. The highest BCUT2D eigenvalue weighted by atomic mass is 16.6. The van der Waals surface area contributed by atoms with Crippen LogP contribution in [-0.4, -0.2) is 25.1 Å². The average molecular weight is 157 g/mol. The lowest BCUT2D eigenvalue weighted by atomic mass is 10.5. The molecule has 0 bridgehead atoms. The van der Waals surface area contributed by atoms with Gasteiger partial charge < -0.3 is 10.1 Å². The van der Waals surface area contributed by atoms with E-state index in [1.54, 1.807) is 0 Å². The maximum atomic E-state index is 10.2. The molecular formula is C4H7N5O2. The number of tetrazole rings is 1. The Labute approximate surface area is 62.2 Å². The standard InChI is InChI=1S/C4H7N5O2/c1-2-3-8-4(9(10)11)5-6-7-8/h2-3H2,1H3. The monoisotopic (exact) mass is 157 g/mol. The van der Waals surface area contributed by atoms with Crippen molar-refractivity contribution in [1.29, 1.82) is 0 Å². The first-order valence-electron chi connectivity index (χ1n) is 3.16. The molecule has 0 radical (unpaired) electrons. The number of aryl methyl sites for hydroxylation is 1. The SMILES string of the molecule is CCCn1nnnc1[N+](=O)[O-]. The molecule has 0 aliphatic rings. The third-order valence-corrected chi connectivity index (χ3v) is 1.11. The van der Waals surface area contributed by atoms with E-state index in [2.05, 4.69) is 15.5 Å². The maximum absolute atomic E-state index is 10.2. The molecule has 1 aromatic rings. The highest BCUT2D eigenvalue weighted by Gasteiger charge is 2.16. The molecule has 0 saturated carbocycles. The summed E-state index contributed by atoms with van der Waals surface area (Å²) in [6.07, 6.45) is 0.770. The molecule has 7 heteroatoms. The van der Waals surface area contributed by atoms with E-state index in [-0.39, 0.29) is 5.95 Å². The molecule has 7 nitrogen and oxygen atoms in total. The molecule has 60 valence electrons. The first-order valence-corrected chi connectivity index (χ1v) is 3.16. The summed E-state index contributed by atoms with van der Waals surface area (Å²) >= 11 is 0. The summed E-state index contributed by atoms with van der Waals surface area (Å²) in [4.78, 5) is 9.60. The summed E-state index contributed by atoms with van der Waals surface area (Å²) in [6, 6.07) is 0. The van der Waals surface area contributed by atoms with Crippen LogP contribution in [-0.2, 0) is 6.54 Å². The van der Waals surface area contributed by atoms with Gasteiger partial charge in [-0.05, 0) is 11.3 Å². The van der Waals surface area contributed by atoms with E-state index in [9.17, 15) is 10.1 Å². The van der Waals surface area contributed by atoms with Crippen LogP contribution in [0.2, 0.25) is 0 Å². The number of hydrogen-bond donors (Lipinski definition) is 0. The quantitative estimate of drug-likeness (QED) is 0.455. The zero-order valence-electron chi connectivity index (χ0n) is 5.97. The zero-order chi connectivity index (χ0) is 8.27. The normalized spacial score (nSPS) is 9.91. The molecular weight excluding hydrogens is 150 g/mol. The minimum Gasteiger partial charge on any atom is -0.390 e. The van der Waals surface area contributed by atoms with Crippen molar-refractivity contribution in [1.82, 2.24) is 20.2 Å². The molecule has 0 atom stereocenters. The second kappa shape index (κ2) is 3.04. The van der Waals surface area contributed by atoms with Crippen molar-refractivity contribution in [2.24, 2.45) is 0 Å². The van der Waals surface area contributed by atoms with E-state index in [1.165, 1.54) is 4.68 Å². The van der Waals surface area contributed by atoms with Gasteiger partial charge in [0.25, 0.3) is 0 Å². The Kier molecular flexibility index (Phi) is 2.09. The van der Waals surface area contributed by atoms with Crippen LogP contribution in [0.4, 0.5) is 5.95 Å². The third kappa shape index (κ3) is 1.48. The molecule has 0 aromatic carbocycles. The molecule has 0 amide bonds. The molecule has 1 heterocycles. The number of nitro groups is 1. The van der Waals surface area contributed by atoms with Crippen molar-refractivity contribution in [2.75, 3.05) is 0 Å². The Morgan fingerprint density at radius 2 is 2.45 bits per heavy atom. The molecule has 11 heavy (non-hydrogen) atoms. The second-order valence-electron chi connectivity index (χ2n) is 1.96. The minimum absolute atomic E-state index is 0.299. The topological polar surface area (TPSA) is 86.7 Å². The molecule has 0 aliphatic carbocycles. The zero-order valence-corrected chi connectivity index (χ0v) is 5.97. The highest BCUT2D eigenvalue weighted by molar-refractivity contribution is 4.96. The molecule has 1 aromatic heterocycles. The van der Waals surface area contributed by atoms with Gasteiger partial charge >= 0.3 is 5.95 Å². The number of rotatable bonds is 3. The smallest absolute Gasteiger partial charge is 0.390 e. The van der Waals surface area contributed by atoms with Crippen molar-refractivity contribution < 1.29 is 4.92 Å². The molecule has 0 fully saturated rings. The summed E-state index contributed by atoms with van der Waals surface area (Å²) in [7, 11) is 0. The van der Waals surface area contributed by atoms with Gasteiger partial charge in [-0.15, -0.1) is 4.68 Å².